The lowest BCUT2D eigenvalue weighted by Gasteiger charge is -2.26. The molecule has 0 radical (unpaired) electrons. The summed E-state index contributed by atoms with van der Waals surface area (Å²) < 4.78 is 36.3. The average molecular weight is 448 g/mol. The summed E-state index contributed by atoms with van der Waals surface area (Å²) >= 11 is 0. The third-order valence-electron chi connectivity index (χ3n) is 5.48. The van der Waals surface area contributed by atoms with Crippen LogP contribution in [0.25, 0.3) is 0 Å². The minimum absolute atomic E-state index is 0.0817. The molecule has 2 unspecified atom stereocenters. The molecule has 2 aliphatic rings. The molecule has 166 valence electrons. The van der Waals surface area contributed by atoms with Gasteiger partial charge in [0, 0.05) is 17.3 Å². The quantitative estimate of drug-likeness (QED) is 0.532. The fourth-order valence-electron chi connectivity index (χ4n) is 3.38. The Bertz CT molecular complexity index is 1170. The van der Waals surface area contributed by atoms with E-state index in [9.17, 15) is 14.2 Å². The first-order valence-electron chi connectivity index (χ1n) is 10.2. The third kappa shape index (κ3) is 4.60. The van der Waals surface area contributed by atoms with Crippen molar-refractivity contribution in [3.05, 3.63) is 74.1 Å². The van der Waals surface area contributed by atoms with Gasteiger partial charge in [0.2, 0.25) is 0 Å². The van der Waals surface area contributed by atoms with Gasteiger partial charge in [-0.3, -0.25) is 23.4 Å². The van der Waals surface area contributed by atoms with Gasteiger partial charge in [-0.05, 0) is 43.0 Å². The summed E-state index contributed by atoms with van der Waals surface area (Å²) in [6.07, 6.45) is 4.54. The predicted octanol–water partition coefficient (Wildman–Crippen LogP) is 3.55. The number of phosphoric acid groups is 1. The number of H-pyrrole nitrogens is 1. The molecular formula is C21H25N2O7P. The van der Waals surface area contributed by atoms with Crippen molar-refractivity contribution in [2.24, 2.45) is 0 Å². The molecule has 31 heavy (non-hydrogen) atoms. The maximum absolute atomic E-state index is 12.9. The van der Waals surface area contributed by atoms with E-state index in [-0.39, 0.29) is 13.2 Å². The van der Waals surface area contributed by atoms with Crippen molar-refractivity contribution in [3.63, 3.8) is 0 Å². The second-order valence-corrected chi connectivity index (χ2v) is 9.31. The molecule has 9 nitrogen and oxygen atoms in total. The molecule has 0 saturated heterocycles. The molecule has 2 aromatic rings. The van der Waals surface area contributed by atoms with Gasteiger partial charge in [-0.25, -0.2) is 9.36 Å². The average Bonchev–Trinajstić information content (AvgIpc) is 3.23. The highest BCUT2D eigenvalue weighted by Crippen LogP contribution is 2.55. The van der Waals surface area contributed by atoms with Crippen LogP contribution in [0.5, 0.6) is 5.75 Å². The monoisotopic (exact) mass is 448 g/mol. The molecule has 0 spiro atoms. The summed E-state index contributed by atoms with van der Waals surface area (Å²) in [5.74, 6) is 0.894. The van der Waals surface area contributed by atoms with E-state index in [0.717, 1.165) is 12.0 Å². The largest absolute Gasteiger partial charge is 0.530 e. The van der Waals surface area contributed by atoms with E-state index >= 15 is 0 Å². The van der Waals surface area contributed by atoms with Gasteiger partial charge in [-0.2, -0.15) is 0 Å². The first-order chi connectivity index (χ1) is 14.8. The number of phosphoric ester groups is 1. The molecule has 2 aliphatic heterocycles. The van der Waals surface area contributed by atoms with Crippen LogP contribution in [-0.2, 0) is 25.0 Å². The normalized spacial score (nSPS) is 25.8. The van der Waals surface area contributed by atoms with E-state index in [2.05, 4.69) is 18.8 Å². The summed E-state index contributed by atoms with van der Waals surface area (Å²) in [7, 11) is -3.79. The number of nitrogens with one attached hydrogen (secondary N) is 1. The van der Waals surface area contributed by atoms with Crippen LogP contribution in [0.2, 0.25) is 0 Å². The van der Waals surface area contributed by atoms with Crippen molar-refractivity contribution in [1.82, 2.24) is 9.55 Å². The smallest absolute Gasteiger partial charge is 0.404 e. The Morgan fingerprint density at radius 3 is 2.90 bits per heavy atom. The summed E-state index contributed by atoms with van der Waals surface area (Å²) in [5.41, 5.74) is 1.38. The highest BCUT2D eigenvalue weighted by molar-refractivity contribution is 7.49. The van der Waals surface area contributed by atoms with Crippen LogP contribution in [0.3, 0.4) is 0 Å². The van der Waals surface area contributed by atoms with Gasteiger partial charge in [0.05, 0.1) is 13.2 Å². The molecule has 1 aromatic heterocycles. The molecule has 1 aromatic carbocycles. The van der Waals surface area contributed by atoms with Crippen LogP contribution in [0.4, 0.5) is 0 Å². The molecule has 3 heterocycles. The molecule has 1 N–H and O–H groups in total. The minimum Gasteiger partial charge on any atom is -0.404 e. The zero-order valence-electron chi connectivity index (χ0n) is 17.6. The highest BCUT2D eigenvalue weighted by atomic mass is 31.2. The number of aryl methyl sites for hydroxylation is 1. The fourth-order valence-corrected chi connectivity index (χ4v) is 4.61. The van der Waals surface area contributed by atoms with Gasteiger partial charge < -0.3 is 9.26 Å². The Hall–Kier alpha value is -2.45. The van der Waals surface area contributed by atoms with Crippen LogP contribution in [-0.4, -0.2) is 22.3 Å². The second-order valence-electron chi connectivity index (χ2n) is 7.71. The standard InChI is InChI=1S/C21H25N2O7P/c1-4-13(2)15-5-7-18-16(9-15)11-27-31(26,30-18)28-12-17-6-8-19(29-17)23-10-14(3)20(24)22-21(23)25/h5-10,13,17,19H,4,11-12H2,1-3H3,(H,22,24,25)/t13?,17-,19+,31?/m0/s1. The number of ether oxygens (including phenoxy) is 1. The molecule has 4 rings (SSSR count). The lowest BCUT2D eigenvalue weighted by molar-refractivity contribution is -0.0130. The van der Waals surface area contributed by atoms with Crippen LogP contribution < -0.4 is 15.8 Å². The minimum atomic E-state index is -3.79. The van der Waals surface area contributed by atoms with E-state index < -0.39 is 31.4 Å². The molecule has 0 bridgehead atoms. The summed E-state index contributed by atoms with van der Waals surface area (Å²) in [4.78, 5) is 25.8. The van der Waals surface area contributed by atoms with E-state index in [1.807, 2.05) is 12.1 Å². The molecule has 0 saturated carbocycles. The number of benzene rings is 1. The Kier molecular flexibility index (Phi) is 6.03. The maximum Gasteiger partial charge on any atom is 0.530 e. The van der Waals surface area contributed by atoms with Crippen molar-refractivity contribution < 1.29 is 22.9 Å². The highest BCUT2D eigenvalue weighted by Gasteiger charge is 2.36. The first-order valence-corrected chi connectivity index (χ1v) is 11.6. The van der Waals surface area contributed by atoms with Gasteiger partial charge in [-0.15, -0.1) is 0 Å². The number of hydrogen-bond donors (Lipinski definition) is 1. The van der Waals surface area contributed by atoms with Gasteiger partial charge in [-0.1, -0.05) is 26.0 Å². The molecule has 0 aliphatic carbocycles. The fraction of sp³-hybridized carbons (Fsp3) is 0.429. The topological polar surface area (TPSA) is 109 Å². The number of aromatic amines is 1. The summed E-state index contributed by atoms with van der Waals surface area (Å²) in [5, 5.41) is 0. The van der Waals surface area contributed by atoms with Crippen LogP contribution in [0.15, 0.2) is 46.1 Å². The Balaban J connectivity index is 1.38. The number of rotatable bonds is 6. The number of fused-ring (bicyclic) bond motifs is 1. The zero-order chi connectivity index (χ0) is 22.2. The summed E-state index contributed by atoms with van der Waals surface area (Å²) in [6, 6.07) is 5.76. The van der Waals surface area contributed by atoms with Crippen molar-refractivity contribution >= 4 is 7.82 Å². The first kappa shape index (κ1) is 21.8. The van der Waals surface area contributed by atoms with Crippen LogP contribution >= 0.6 is 7.82 Å². The maximum atomic E-state index is 12.9. The Morgan fingerprint density at radius 2 is 2.13 bits per heavy atom. The van der Waals surface area contributed by atoms with Crippen molar-refractivity contribution in [3.8, 4) is 5.75 Å². The van der Waals surface area contributed by atoms with Crippen molar-refractivity contribution in [1.29, 1.82) is 0 Å². The predicted molar refractivity (Wildman–Crippen MR) is 113 cm³/mol. The molecule has 0 amide bonds. The summed E-state index contributed by atoms with van der Waals surface area (Å²) in [6.45, 7) is 5.92. The lowest BCUT2D eigenvalue weighted by atomic mass is 9.97. The molecule has 4 atom stereocenters. The molecule has 0 fully saturated rings. The van der Waals surface area contributed by atoms with E-state index in [1.165, 1.54) is 16.3 Å². The Labute approximate surface area is 179 Å². The van der Waals surface area contributed by atoms with Crippen LogP contribution in [0.1, 0.15) is 49.1 Å². The van der Waals surface area contributed by atoms with Gasteiger partial charge in [0.1, 0.15) is 11.9 Å². The van der Waals surface area contributed by atoms with Crippen molar-refractivity contribution in [2.45, 2.75) is 52.0 Å². The lowest BCUT2D eigenvalue weighted by Crippen LogP contribution is -2.33. The third-order valence-corrected chi connectivity index (χ3v) is 6.81. The van der Waals surface area contributed by atoms with Gasteiger partial charge >= 0.3 is 13.5 Å². The SMILES string of the molecule is CCC(C)c1ccc2c(c1)COP(=O)(OC[C@@H]1C=C[C@H](n3cc(C)c(=O)[nH]c3=O)O1)O2. The van der Waals surface area contributed by atoms with E-state index in [1.54, 1.807) is 25.1 Å². The van der Waals surface area contributed by atoms with Gasteiger partial charge in [0.15, 0.2) is 6.23 Å². The van der Waals surface area contributed by atoms with Crippen molar-refractivity contribution in [2.75, 3.05) is 6.61 Å². The zero-order valence-corrected chi connectivity index (χ0v) is 18.5. The van der Waals surface area contributed by atoms with Crippen LogP contribution in [0, 0.1) is 6.92 Å². The van der Waals surface area contributed by atoms with E-state index in [4.69, 9.17) is 18.3 Å². The number of aromatic nitrogens is 2. The van der Waals surface area contributed by atoms with Gasteiger partial charge in [0.25, 0.3) is 5.56 Å². The number of nitrogens with zero attached hydrogens (tertiary/aromatic N) is 1. The molecular weight excluding hydrogens is 423 g/mol. The number of hydrogen-bond acceptors (Lipinski definition) is 7. The van der Waals surface area contributed by atoms with E-state index in [0.29, 0.717) is 17.2 Å². The Morgan fingerprint density at radius 1 is 1.32 bits per heavy atom. The molecule has 10 heteroatoms. The second kappa shape index (κ2) is 8.59.